The van der Waals surface area contributed by atoms with Gasteiger partial charge in [-0.1, -0.05) is 18.2 Å². The maximum Gasteiger partial charge on any atom is 0.132 e. The number of benzene rings is 1. The average Bonchev–Trinajstić information content (AvgIpc) is 2.76. The van der Waals surface area contributed by atoms with Gasteiger partial charge < -0.3 is 4.90 Å². The van der Waals surface area contributed by atoms with Gasteiger partial charge in [-0.2, -0.15) is 0 Å². The van der Waals surface area contributed by atoms with Gasteiger partial charge in [-0.15, -0.1) is 0 Å². The third-order valence-electron chi connectivity index (χ3n) is 3.46. The first-order valence-corrected chi connectivity index (χ1v) is 6.37. The number of aromatic nitrogens is 1. The molecule has 0 amide bonds. The zero-order valence-electron chi connectivity index (χ0n) is 10.5. The smallest absolute Gasteiger partial charge is 0.132 e. The minimum Gasteiger partial charge on any atom is -0.356 e. The number of nitrogens with zero attached hydrogens (tertiary/aromatic N) is 2. The van der Waals surface area contributed by atoms with Gasteiger partial charge in [0.25, 0.3) is 0 Å². The van der Waals surface area contributed by atoms with E-state index >= 15 is 0 Å². The van der Waals surface area contributed by atoms with Crippen LogP contribution >= 0.6 is 0 Å². The largest absolute Gasteiger partial charge is 0.356 e. The fraction of sp³-hybridized carbons (Fsp3) is 0.333. The van der Waals surface area contributed by atoms with E-state index in [0.717, 1.165) is 30.8 Å². The monoisotopic (exact) mass is 240 g/mol. The fourth-order valence-corrected chi connectivity index (χ4v) is 2.48. The summed E-state index contributed by atoms with van der Waals surface area (Å²) in [6.07, 6.45) is 1.64. The number of ketones is 1. The lowest BCUT2D eigenvalue weighted by Crippen LogP contribution is -2.24. The first-order chi connectivity index (χ1) is 8.74. The van der Waals surface area contributed by atoms with Gasteiger partial charge in [-0.25, -0.2) is 4.98 Å². The lowest BCUT2D eigenvalue weighted by Gasteiger charge is -2.17. The number of hydrogen-bond acceptors (Lipinski definition) is 3. The number of rotatable bonds is 3. The summed E-state index contributed by atoms with van der Waals surface area (Å²) in [5.74, 6) is 1.30. The molecule has 3 rings (SSSR count). The van der Waals surface area contributed by atoms with E-state index in [1.807, 2.05) is 18.2 Å². The van der Waals surface area contributed by atoms with Crippen LogP contribution in [0.15, 0.2) is 30.3 Å². The predicted molar refractivity (Wildman–Crippen MR) is 73.0 cm³/mol. The van der Waals surface area contributed by atoms with Crippen molar-refractivity contribution in [3.63, 3.8) is 0 Å². The zero-order valence-corrected chi connectivity index (χ0v) is 10.5. The second-order valence-corrected chi connectivity index (χ2v) is 4.85. The standard InChI is InChI=1S/C15H16N2O/c1-11(18)6-8-17-9-7-13-10-12-4-2-3-5-14(12)16-15(13)17/h2-5,10H,6-9H2,1H3. The molecule has 1 aliphatic heterocycles. The predicted octanol–water partition coefficient (Wildman–Crippen LogP) is 2.58. The number of carbonyl (C=O) groups excluding carboxylic acids is 1. The van der Waals surface area contributed by atoms with Gasteiger partial charge in [-0.05, 0) is 31.0 Å². The van der Waals surface area contributed by atoms with Gasteiger partial charge in [0.05, 0.1) is 5.52 Å². The molecule has 0 spiro atoms. The van der Waals surface area contributed by atoms with E-state index in [-0.39, 0.29) is 5.78 Å². The van der Waals surface area contributed by atoms with Crippen molar-refractivity contribution in [2.45, 2.75) is 19.8 Å². The lowest BCUT2D eigenvalue weighted by molar-refractivity contribution is -0.116. The average molecular weight is 240 g/mol. The summed E-state index contributed by atoms with van der Waals surface area (Å²) in [5, 5.41) is 1.20. The molecule has 0 bridgehead atoms. The van der Waals surface area contributed by atoms with Crippen LogP contribution in [0, 0.1) is 0 Å². The zero-order chi connectivity index (χ0) is 12.5. The Morgan fingerprint density at radius 1 is 1.39 bits per heavy atom. The van der Waals surface area contributed by atoms with Gasteiger partial charge in [0, 0.05) is 24.9 Å². The second-order valence-electron chi connectivity index (χ2n) is 4.85. The highest BCUT2D eigenvalue weighted by molar-refractivity contribution is 5.82. The van der Waals surface area contributed by atoms with Gasteiger partial charge >= 0.3 is 0 Å². The third-order valence-corrected chi connectivity index (χ3v) is 3.46. The summed E-state index contributed by atoms with van der Waals surface area (Å²) in [6.45, 7) is 3.41. The van der Waals surface area contributed by atoms with Crippen molar-refractivity contribution in [3.05, 3.63) is 35.9 Å². The Morgan fingerprint density at radius 2 is 2.22 bits per heavy atom. The summed E-state index contributed by atoms with van der Waals surface area (Å²) in [6, 6.07) is 10.4. The Hall–Kier alpha value is -1.90. The number of pyridine rings is 1. The molecule has 3 nitrogen and oxygen atoms in total. The molecule has 0 fully saturated rings. The molecular formula is C15H16N2O. The van der Waals surface area contributed by atoms with Crippen LogP contribution in [0.1, 0.15) is 18.9 Å². The number of carbonyl (C=O) groups is 1. The molecule has 92 valence electrons. The van der Waals surface area contributed by atoms with E-state index in [2.05, 4.69) is 17.0 Å². The molecule has 1 aromatic carbocycles. The Labute approximate surface area is 106 Å². The van der Waals surface area contributed by atoms with Crippen LogP contribution in [0.2, 0.25) is 0 Å². The highest BCUT2D eigenvalue weighted by Crippen LogP contribution is 2.29. The first kappa shape index (κ1) is 11.2. The maximum atomic E-state index is 11.1. The van der Waals surface area contributed by atoms with Crippen LogP contribution in [0.25, 0.3) is 10.9 Å². The Kier molecular flexibility index (Phi) is 2.74. The normalized spacial score (nSPS) is 13.9. The van der Waals surface area contributed by atoms with Crippen molar-refractivity contribution in [3.8, 4) is 0 Å². The van der Waals surface area contributed by atoms with Gasteiger partial charge in [0.2, 0.25) is 0 Å². The topological polar surface area (TPSA) is 33.2 Å². The van der Waals surface area contributed by atoms with Crippen LogP contribution < -0.4 is 4.90 Å². The first-order valence-electron chi connectivity index (χ1n) is 6.37. The van der Waals surface area contributed by atoms with Crippen LogP contribution in [0.4, 0.5) is 5.82 Å². The summed E-state index contributed by atoms with van der Waals surface area (Å²) in [4.78, 5) is 18.0. The van der Waals surface area contributed by atoms with Crippen molar-refractivity contribution in [2.24, 2.45) is 0 Å². The second kappa shape index (κ2) is 4.41. The molecule has 3 heteroatoms. The number of hydrogen-bond donors (Lipinski definition) is 0. The van der Waals surface area contributed by atoms with Crippen LogP contribution in [0.3, 0.4) is 0 Å². The minimum absolute atomic E-state index is 0.240. The molecule has 2 aromatic rings. The van der Waals surface area contributed by atoms with Crippen molar-refractivity contribution in [1.82, 2.24) is 4.98 Å². The van der Waals surface area contributed by atoms with E-state index in [9.17, 15) is 4.79 Å². The third kappa shape index (κ3) is 1.96. The highest BCUT2D eigenvalue weighted by Gasteiger charge is 2.21. The van der Waals surface area contributed by atoms with Crippen molar-refractivity contribution >= 4 is 22.5 Å². The van der Waals surface area contributed by atoms with Crippen molar-refractivity contribution in [1.29, 1.82) is 0 Å². The molecule has 0 atom stereocenters. The molecule has 1 aliphatic rings. The van der Waals surface area contributed by atoms with E-state index in [1.54, 1.807) is 6.92 Å². The van der Waals surface area contributed by atoms with E-state index in [0.29, 0.717) is 6.42 Å². The summed E-state index contributed by atoms with van der Waals surface area (Å²) >= 11 is 0. The van der Waals surface area contributed by atoms with E-state index in [4.69, 9.17) is 4.98 Å². The minimum atomic E-state index is 0.240. The molecule has 2 heterocycles. The molecule has 0 saturated heterocycles. The van der Waals surface area contributed by atoms with Gasteiger partial charge in [-0.3, -0.25) is 4.79 Å². The van der Waals surface area contributed by atoms with E-state index in [1.165, 1.54) is 10.9 Å². The fourth-order valence-electron chi connectivity index (χ4n) is 2.48. The molecule has 0 radical (unpaired) electrons. The van der Waals surface area contributed by atoms with Crippen molar-refractivity contribution in [2.75, 3.05) is 18.0 Å². The van der Waals surface area contributed by atoms with Crippen molar-refractivity contribution < 1.29 is 4.79 Å². The molecule has 0 N–H and O–H groups in total. The molecule has 18 heavy (non-hydrogen) atoms. The number of Topliss-reactive ketones (excluding diaryl/α,β-unsaturated/α-hetero) is 1. The summed E-state index contributed by atoms with van der Waals surface area (Å²) in [5.41, 5.74) is 2.34. The number of anilines is 1. The molecular weight excluding hydrogens is 224 g/mol. The SMILES string of the molecule is CC(=O)CCN1CCc2cc3ccccc3nc21. The van der Waals surface area contributed by atoms with Crippen LogP contribution in [0.5, 0.6) is 0 Å². The summed E-state index contributed by atoms with van der Waals surface area (Å²) in [7, 11) is 0. The Morgan fingerprint density at radius 3 is 3.06 bits per heavy atom. The molecule has 1 aromatic heterocycles. The quantitative estimate of drug-likeness (QED) is 0.826. The maximum absolute atomic E-state index is 11.1. The number of para-hydroxylation sites is 1. The lowest BCUT2D eigenvalue weighted by atomic mass is 10.1. The summed E-state index contributed by atoms with van der Waals surface area (Å²) < 4.78 is 0. The molecule has 0 saturated carbocycles. The van der Waals surface area contributed by atoms with Gasteiger partial charge in [0.15, 0.2) is 0 Å². The van der Waals surface area contributed by atoms with Crippen LogP contribution in [-0.4, -0.2) is 23.9 Å². The van der Waals surface area contributed by atoms with E-state index < -0.39 is 0 Å². The molecule has 0 unspecified atom stereocenters. The van der Waals surface area contributed by atoms with Gasteiger partial charge in [0.1, 0.15) is 11.6 Å². The molecule has 0 aliphatic carbocycles. The van der Waals surface area contributed by atoms with Crippen LogP contribution in [-0.2, 0) is 11.2 Å². The number of fused-ring (bicyclic) bond motifs is 2. The Bertz CT molecular complexity index is 606. The Balaban J connectivity index is 1.95. The highest BCUT2D eigenvalue weighted by atomic mass is 16.1.